The van der Waals surface area contributed by atoms with Gasteiger partial charge in [0.25, 0.3) is 6.48 Å². The summed E-state index contributed by atoms with van der Waals surface area (Å²) in [4.78, 5) is 10.2. The van der Waals surface area contributed by atoms with Crippen LogP contribution in [0.5, 0.6) is 0 Å². The van der Waals surface area contributed by atoms with Crippen LogP contribution >= 0.6 is 0 Å². The van der Waals surface area contributed by atoms with E-state index in [0.717, 1.165) is 0 Å². The summed E-state index contributed by atoms with van der Waals surface area (Å²) >= 11 is 0. The first-order valence-corrected chi connectivity index (χ1v) is 3.35. The number of hydrogen-bond donors (Lipinski definition) is 2. The summed E-state index contributed by atoms with van der Waals surface area (Å²) in [6, 6.07) is 0. The molecule has 0 radical (unpaired) electrons. The number of hydrogen-bond acceptors (Lipinski definition) is 4. The molecule has 1 heterocycles. The van der Waals surface area contributed by atoms with Crippen LogP contribution in [0.4, 0.5) is 0 Å². The molecule has 0 aromatic rings. The van der Waals surface area contributed by atoms with Crippen LogP contribution in [-0.2, 0) is 14.3 Å². The van der Waals surface area contributed by atoms with Gasteiger partial charge in [0.2, 0.25) is 0 Å². The summed E-state index contributed by atoms with van der Waals surface area (Å²) < 4.78 is 9.38. The molecule has 1 aliphatic rings. The lowest BCUT2D eigenvalue weighted by Crippen LogP contribution is -2.33. The second-order valence-electron chi connectivity index (χ2n) is 2.32. The van der Waals surface area contributed by atoms with Crippen molar-refractivity contribution in [3.63, 3.8) is 0 Å². The second kappa shape index (κ2) is 3.66. The van der Waals surface area contributed by atoms with Crippen molar-refractivity contribution >= 4 is 5.97 Å². The molecule has 2 unspecified atom stereocenters. The van der Waals surface area contributed by atoms with E-state index in [0.29, 0.717) is 13.0 Å². The quantitative estimate of drug-likeness (QED) is 0.574. The van der Waals surface area contributed by atoms with Gasteiger partial charge in [-0.25, -0.2) is 0 Å². The fraction of sp³-hybridized carbons (Fsp3) is 0.833. The lowest BCUT2D eigenvalue weighted by atomic mass is 10.2. The number of carbonyl (C=O) groups is 1. The van der Waals surface area contributed by atoms with Crippen molar-refractivity contribution < 1.29 is 24.5 Å². The van der Waals surface area contributed by atoms with Crippen molar-refractivity contribution in [3.05, 3.63) is 0 Å². The molecule has 0 spiro atoms. The van der Waals surface area contributed by atoms with E-state index in [-0.39, 0.29) is 6.42 Å². The summed E-state index contributed by atoms with van der Waals surface area (Å²) in [7, 11) is 0. The topological polar surface area (TPSA) is 76.0 Å². The maximum Gasteiger partial charge on any atom is 0.305 e. The van der Waals surface area contributed by atoms with Crippen LogP contribution in [0.25, 0.3) is 0 Å². The third-order valence-electron chi connectivity index (χ3n) is 1.41. The predicted molar refractivity (Wildman–Crippen MR) is 33.7 cm³/mol. The molecule has 5 heteroatoms. The number of aliphatic hydroxyl groups is 1. The molecule has 0 amide bonds. The number of aliphatic carboxylic acids is 1. The summed E-state index contributed by atoms with van der Waals surface area (Å²) in [5.74, 6) is -0.927. The highest BCUT2D eigenvalue weighted by Gasteiger charge is 2.22. The Hall–Kier alpha value is -0.650. The first kappa shape index (κ1) is 8.45. The number of aliphatic hydroxyl groups excluding tert-OH is 1. The Morgan fingerprint density at radius 2 is 2.36 bits per heavy atom. The fourth-order valence-corrected chi connectivity index (χ4v) is 0.917. The molecule has 2 atom stereocenters. The van der Waals surface area contributed by atoms with Gasteiger partial charge in [-0.1, -0.05) is 0 Å². The first-order chi connectivity index (χ1) is 5.18. The third-order valence-corrected chi connectivity index (χ3v) is 1.41. The van der Waals surface area contributed by atoms with Gasteiger partial charge in [0, 0.05) is 0 Å². The van der Waals surface area contributed by atoms with Crippen LogP contribution in [0, 0.1) is 0 Å². The number of carboxylic acids is 1. The van der Waals surface area contributed by atoms with Crippen molar-refractivity contribution in [3.8, 4) is 0 Å². The van der Waals surface area contributed by atoms with E-state index in [1.54, 1.807) is 0 Å². The minimum atomic E-state index is -1.26. The zero-order chi connectivity index (χ0) is 8.27. The zero-order valence-electron chi connectivity index (χ0n) is 5.90. The van der Waals surface area contributed by atoms with Crippen molar-refractivity contribution in [2.45, 2.75) is 25.4 Å². The molecule has 0 aliphatic carbocycles. The van der Waals surface area contributed by atoms with Gasteiger partial charge in [0.05, 0.1) is 19.1 Å². The summed E-state index contributed by atoms with van der Waals surface area (Å²) in [6.45, 7) is -0.910. The monoisotopic (exact) mass is 162 g/mol. The summed E-state index contributed by atoms with van der Waals surface area (Å²) in [5.41, 5.74) is 0. The Labute approximate surface area is 63.5 Å². The first-order valence-electron chi connectivity index (χ1n) is 3.35. The second-order valence-corrected chi connectivity index (χ2v) is 2.32. The van der Waals surface area contributed by atoms with Gasteiger partial charge in [-0.3, -0.25) is 4.79 Å². The normalized spacial score (nSPS) is 31.7. The van der Waals surface area contributed by atoms with E-state index in [9.17, 15) is 4.79 Å². The number of ether oxygens (including phenoxy) is 2. The molecular formula is C6H10O5. The molecule has 0 aromatic carbocycles. The van der Waals surface area contributed by atoms with Crippen molar-refractivity contribution in [2.75, 3.05) is 6.61 Å². The highest BCUT2D eigenvalue weighted by molar-refractivity contribution is 5.67. The fourth-order valence-electron chi connectivity index (χ4n) is 0.917. The molecule has 0 saturated carbocycles. The molecular weight excluding hydrogens is 152 g/mol. The summed E-state index contributed by atoms with van der Waals surface area (Å²) in [6.07, 6.45) is 0.0142. The van der Waals surface area contributed by atoms with E-state index in [1.165, 1.54) is 0 Å². The standard InChI is InChI=1S/C6H10O5/c7-5(8)3-4-1-2-10-6(9)11-4/h4,6,9H,1-3H2,(H,7,8). The number of carboxylic acid groups (broad SMARTS) is 1. The molecule has 1 aliphatic heterocycles. The van der Waals surface area contributed by atoms with E-state index < -0.39 is 18.5 Å². The van der Waals surface area contributed by atoms with Gasteiger partial charge in [0.15, 0.2) is 0 Å². The minimum Gasteiger partial charge on any atom is -0.481 e. The largest absolute Gasteiger partial charge is 0.481 e. The van der Waals surface area contributed by atoms with E-state index in [1.807, 2.05) is 0 Å². The SMILES string of the molecule is O=C(O)CC1CCOC(O)O1. The maximum atomic E-state index is 10.2. The lowest BCUT2D eigenvalue weighted by Gasteiger charge is -2.25. The lowest BCUT2D eigenvalue weighted by molar-refractivity contribution is -0.310. The van der Waals surface area contributed by atoms with Gasteiger partial charge in [0.1, 0.15) is 0 Å². The maximum absolute atomic E-state index is 10.2. The Morgan fingerprint density at radius 3 is 2.91 bits per heavy atom. The van der Waals surface area contributed by atoms with Gasteiger partial charge < -0.3 is 19.7 Å². The molecule has 0 aromatic heterocycles. The summed E-state index contributed by atoms with van der Waals surface area (Å²) in [5, 5.41) is 17.1. The highest BCUT2D eigenvalue weighted by atomic mass is 16.8. The average Bonchev–Trinajstić information content (AvgIpc) is 1.85. The molecule has 11 heavy (non-hydrogen) atoms. The van der Waals surface area contributed by atoms with Gasteiger partial charge >= 0.3 is 5.97 Å². The van der Waals surface area contributed by atoms with Crippen LogP contribution in [0.2, 0.25) is 0 Å². The number of rotatable bonds is 2. The smallest absolute Gasteiger partial charge is 0.305 e. The van der Waals surface area contributed by atoms with E-state index in [4.69, 9.17) is 14.9 Å². The van der Waals surface area contributed by atoms with Gasteiger partial charge in [-0.15, -0.1) is 0 Å². The molecule has 1 saturated heterocycles. The van der Waals surface area contributed by atoms with Crippen LogP contribution < -0.4 is 0 Å². The Kier molecular flexibility index (Phi) is 2.81. The van der Waals surface area contributed by atoms with Crippen LogP contribution in [-0.4, -0.2) is 35.4 Å². The van der Waals surface area contributed by atoms with Crippen LogP contribution in [0.1, 0.15) is 12.8 Å². The Balaban J connectivity index is 2.28. The molecule has 64 valence electrons. The van der Waals surface area contributed by atoms with Crippen molar-refractivity contribution in [1.82, 2.24) is 0 Å². The highest BCUT2D eigenvalue weighted by Crippen LogP contribution is 2.13. The minimum absolute atomic E-state index is 0.0829. The van der Waals surface area contributed by atoms with Crippen molar-refractivity contribution in [1.29, 1.82) is 0 Å². The van der Waals surface area contributed by atoms with E-state index >= 15 is 0 Å². The van der Waals surface area contributed by atoms with Crippen LogP contribution in [0.3, 0.4) is 0 Å². The molecule has 0 bridgehead atoms. The third kappa shape index (κ3) is 2.83. The van der Waals surface area contributed by atoms with Gasteiger partial charge in [-0.2, -0.15) is 0 Å². The van der Waals surface area contributed by atoms with Crippen molar-refractivity contribution in [2.24, 2.45) is 0 Å². The Bertz CT molecular complexity index is 146. The van der Waals surface area contributed by atoms with E-state index in [2.05, 4.69) is 4.74 Å². The zero-order valence-corrected chi connectivity index (χ0v) is 5.90. The molecule has 2 N–H and O–H groups in total. The predicted octanol–water partition coefficient (Wildman–Crippen LogP) is -0.457. The molecule has 5 nitrogen and oxygen atoms in total. The van der Waals surface area contributed by atoms with Gasteiger partial charge in [-0.05, 0) is 6.42 Å². The average molecular weight is 162 g/mol. The molecule has 1 rings (SSSR count). The molecule has 1 fully saturated rings. The van der Waals surface area contributed by atoms with Crippen LogP contribution in [0.15, 0.2) is 0 Å². The Morgan fingerprint density at radius 1 is 1.64 bits per heavy atom.